The predicted molar refractivity (Wildman–Crippen MR) is 93.6 cm³/mol. The standard InChI is InChI=1S/C15H16BrIN2O/c1-20-15-5-3-2-4-10(15)8-14(19-18)12-9-11(16)6-7-13(12)17/h2-7,9,14,19H,8,18H2,1H3. The van der Waals surface area contributed by atoms with E-state index in [1.807, 2.05) is 24.3 Å². The Morgan fingerprint density at radius 2 is 2.05 bits per heavy atom. The fraction of sp³-hybridized carbons (Fsp3) is 0.200. The summed E-state index contributed by atoms with van der Waals surface area (Å²) in [7, 11) is 1.69. The highest BCUT2D eigenvalue weighted by Gasteiger charge is 2.16. The maximum Gasteiger partial charge on any atom is 0.122 e. The summed E-state index contributed by atoms with van der Waals surface area (Å²) in [5, 5.41) is 0. The number of halogens is 2. The maximum absolute atomic E-state index is 5.75. The minimum absolute atomic E-state index is 0.0377. The molecule has 0 aliphatic carbocycles. The molecule has 0 aromatic heterocycles. The van der Waals surface area contributed by atoms with Crippen LogP contribution in [0.5, 0.6) is 5.75 Å². The minimum atomic E-state index is 0.0377. The molecule has 0 aliphatic heterocycles. The van der Waals surface area contributed by atoms with Gasteiger partial charge < -0.3 is 4.74 Å². The van der Waals surface area contributed by atoms with Crippen LogP contribution in [0.25, 0.3) is 0 Å². The van der Waals surface area contributed by atoms with Crippen LogP contribution in [0.3, 0.4) is 0 Å². The molecule has 0 fully saturated rings. The van der Waals surface area contributed by atoms with Gasteiger partial charge in [-0.2, -0.15) is 0 Å². The summed E-state index contributed by atoms with van der Waals surface area (Å²) in [6.07, 6.45) is 0.771. The van der Waals surface area contributed by atoms with Crippen molar-refractivity contribution in [1.29, 1.82) is 0 Å². The monoisotopic (exact) mass is 446 g/mol. The summed E-state index contributed by atoms with van der Waals surface area (Å²) in [5.41, 5.74) is 5.21. The number of para-hydroxylation sites is 1. The third-order valence-corrected chi connectivity index (χ3v) is 4.63. The lowest BCUT2D eigenvalue weighted by atomic mass is 9.99. The van der Waals surface area contributed by atoms with Crippen LogP contribution in [-0.2, 0) is 6.42 Å². The van der Waals surface area contributed by atoms with Crippen LogP contribution in [0.4, 0.5) is 0 Å². The number of hydrogen-bond donors (Lipinski definition) is 2. The molecule has 0 heterocycles. The molecule has 0 radical (unpaired) electrons. The average molecular weight is 447 g/mol. The zero-order valence-electron chi connectivity index (χ0n) is 11.1. The fourth-order valence-corrected chi connectivity index (χ4v) is 3.22. The molecule has 106 valence electrons. The van der Waals surface area contributed by atoms with Crippen molar-refractivity contribution in [3.8, 4) is 5.75 Å². The molecule has 0 amide bonds. The third kappa shape index (κ3) is 3.72. The van der Waals surface area contributed by atoms with E-state index in [1.165, 1.54) is 9.13 Å². The van der Waals surface area contributed by atoms with Crippen molar-refractivity contribution in [1.82, 2.24) is 5.43 Å². The van der Waals surface area contributed by atoms with Gasteiger partial charge in [0.15, 0.2) is 0 Å². The van der Waals surface area contributed by atoms with Gasteiger partial charge in [-0.25, -0.2) is 0 Å². The molecule has 3 nitrogen and oxygen atoms in total. The van der Waals surface area contributed by atoms with E-state index in [4.69, 9.17) is 10.6 Å². The number of nitrogens with one attached hydrogen (secondary N) is 1. The Balaban J connectivity index is 2.31. The summed E-state index contributed by atoms with van der Waals surface area (Å²) in [5.74, 6) is 6.64. The van der Waals surface area contributed by atoms with Gasteiger partial charge in [0, 0.05) is 8.04 Å². The first-order chi connectivity index (χ1) is 9.65. The van der Waals surface area contributed by atoms with Crippen LogP contribution in [0.2, 0.25) is 0 Å². The summed E-state index contributed by atoms with van der Waals surface area (Å²) >= 11 is 5.84. The molecule has 0 saturated heterocycles. The molecule has 1 unspecified atom stereocenters. The second-order valence-corrected chi connectivity index (χ2v) is 6.48. The van der Waals surface area contributed by atoms with E-state index in [-0.39, 0.29) is 6.04 Å². The molecule has 0 spiro atoms. The first-order valence-electron chi connectivity index (χ1n) is 6.18. The molecule has 0 aliphatic rings. The molecular weight excluding hydrogens is 431 g/mol. The van der Waals surface area contributed by atoms with Gasteiger partial charge in [0.25, 0.3) is 0 Å². The minimum Gasteiger partial charge on any atom is -0.496 e. The molecule has 3 N–H and O–H groups in total. The number of nitrogens with two attached hydrogens (primary N) is 1. The van der Waals surface area contributed by atoms with E-state index in [0.717, 1.165) is 22.2 Å². The van der Waals surface area contributed by atoms with E-state index in [0.29, 0.717) is 0 Å². The highest BCUT2D eigenvalue weighted by atomic mass is 127. The Labute approximate surface area is 141 Å². The van der Waals surface area contributed by atoms with E-state index in [1.54, 1.807) is 7.11 Å². The molecule has 5 heteroatoms. The second kappa shape index (κ2) is 7.40. The predicted octanol–water partition coefficient (Wildman–Crippen LogP) is 3.81. The summed E-state index contributed by atoms with van der Waals surface area (Å²) < 4.78 is 7.63. The van der Waals surface area contributed by atoms with Crippen LogP contribution < -0.4 is 16.0 Å². The normalized spacial score (nSPS) is 12.2. The quantitative estimate of drug-likeness (QED) is 0.417. The van der Waals surface area contributed by atoms with Crippen LogP contribution in [0.15, 0.2) is 46.9 Å². The highest BCUT2D eigenvalue weighted by molar-refractivity contribution is 14.1. The van der Waals surface area contributed by atoms with Crippen molar-refractivity contribution in [3.05, 3.63) is 61.6 Å². The molecular formula is C15H16BrIN2O. The first-order valence-corrected chi connectivity index (χ1v) is 8.06. The average Bonchev–Trinajstić information content (AvgIpc) is 2.48. The first kappa shape index (κ1) is 15.8. The van der Waals surface area contributed by atoms with Crippen molar-refractivity contribution >= 4 is 38.5 Å². The van der Waals surface area contributed by atoms with Gasteiger partial charge in [0.2, 0.25) is 0 Å². The summed E-state index contributed by atoms with van der Waals surface area (Å²) in [6.45, 7) is 0. The second-order valence-electron chi connectivity index (χ2n) is 4.40. The molecule has 2 rings (SSSR count). The van der Waals surface area contributed by atoms with E-state index < -0.39 is 0 Å². The lowest BCUT2D eigenvalue weighted by molar-refractivity contribution is 0.405. The number of rotatable bonds is 5. The highest BCUT2D eigenvalue weighted by Crippen LogP contribution is 2.29. The zero-order chi connectivity index (χ0) is 14.5. The van der Waals surface area contributed by atoms with Crippen LogP contribution >= 0.6 is 38.5 Å². The van der Waals surface area contributed by atoms with Crippen LogP contribution in [-0.4, -0.2) is 7.11 Å². The third-order valence-electron chi connectivity index (χ3n) is 3.15. The lowest BCUT2D eigenvalue weighted by Gasteiger charge is -2.19. The summed E-state index contributed by atoms with van der Waals surface area (Å²) in [6, 6.07) is 14.3. The Morgan fingerprint density at radius 1 is 1.30 bits per heavy atom. The molecule has 2 aromatic carbocycles. The Kier molecular flexibility index (Phi) is 5.83. The lowest BCUT2D eigenvalue weighted by Crippen LogP contribution is -2.30. The number of methoxy groups -OCH3 is 1. The van der Waals surface area contributed by atoms with Crippen molar-refractivity contribution < 1.29 is 4.74 Å². The van der Waals surface area contributed by atoms with Crippen molar-refractivity contribution in [2.45, 2.75) is 12.5 Å². The van der Waals surface area contributed by atoms with Gasteiger partial charge in [-0.3, -0.25) is 11.3 Å². The van der Waals surface area contributed by atoms with E-state index in [9.17, 15) is 0 Å². The van der Waals surface area contributed by atoms with Gasteiger partial charge in [-0.15, -0.1) is 0 Å². The zero-order valence-corrected chi connectivity index (χ0v) is 14.8. The Bertz CT molecular complexity index is 592. The molecule has 2 aromatic rings. The van der Waals surface area contributed by atoms with E-state index in [2.05, 4.69) is 62.1 Å². The maximum atomic E-state index is 5.75. The topological polar surface area (TPSA) is 47.3 Å². The number of benzene rings is 2. The van der Waals surface area contributed by atoms with Gasteiger partial charge in [-0.05, 0) is 64.4 Å². The Morgan fingerprint density at radius 3 is 2.75 bits per heavy atom. The number of hydrazine groups is 1. The Hall–Kier alpha value is -0.630. The van der Waals surface area contributed by atoms with E-state index >= 15 is 0 Å². The number of hydrogen-bond acceptors (Lipinski definition) is 3. The van der Waals surface area contributed by atoms with Crippen LogP contribution in [0, 0.1) is 3.57 Å². The smallest absolute Gasteiger partial charge is 0.122 e. The van der Waals surface area contributed by atoms with Gasteiger partial charge in [-0.1, -0.05) is 34.1 Å². The van der Waals surface area contributed by atoms with Gasteiger partial charge in [0.05, 0.1) is 13.2 Å². The molecule has 0 bridgehead atoms. The molecule has 0 saturated carbocycles. The largest absolute Gasteiger partial charge is 0.496 e. The van der Waals surface area contributed by atoms with Crippen LogP contribution in [0.1, 0.15) is 17.2 Å². The SMILES string of the molecule is COc1ccccc1CC(NN)c1cc(Br)ccc1I. The molecule has 20 heavy (non-hydrogen) atoms. The van der Waals surface area contributed by atoms with Crippen molar-refractivity contribution in [2.24, 2.45) is 5.84 Å². The van der Waals surface area contributed by atoms with Gasteiger partial charge in [0.1, 0.15) is 5.75 Å². The van der Waals surface area contributed by atoms with Crippen molar-refractivity contribution in [3.63, 3.8) is 0 Å². The van der Waals surface area contributed by atoms with Gasteiger partial charge >= 0.3 is 0 Å². The number of ether oxygens (including phenoxy) is 1. The molecule has 1 atom stereocenters. The van der Waals surface area contributed by atoms with Crippen molar-refractivity contribution in [2.75, 3.05) is 7.11 Å². The summed E-state index contributed by atoms with van der Waals surface area (Å²) in [4.78, 5) is 0. The fourth-order valence-electron chi connectivity index (χ4n) is 2.13.